The molecule has 0 aliphatic heterocycles. The zero-order valence-electron chi connectivity index (χ0n) is 12.0. The lowest BCUT2D eigenvalue weighted by atomic mass is 10.1. The van der Waals surface area contributed by atoms with Gasteiger partial charge >= 0.3 is 0 Å². The number of nitrogens with zero attached hydrogens (tertiary/aromatic N) is 1. The lowest BCUT2D eigenvalue weighted by Crippen LogP contribution is -2.30. The van der Waals surface area contributed by atoms with Gasteiger partial charge in [-0.3, -0.25) is 4.90 Å². The monoisotopic (exact) mass is 285 g/mol. The highest BCUT2D eigenvalue weighted by Gasteiger charge is 2.17. The number of hydrogen-bond donors (Lipinski definition) is 1. The molecular formula is C15H24ClNO2. The molecule has 1 rings (SSSR count). The van der Waals surface area contributed by atoms with Gasteiger partial charge in [0.25, 0.3) is 0 Å². The SMILES string of the molecule is CCOc1ccc(C)cc1C(Cl)CN(CC)CCO. The van der Waals surface area contributed by atoms with Crippen molar-refractivity contribution < 1.29 is 9.84 Å². The molecule has 1 atom stereocenters. The first-order chi connectivity index (χ1) is 9.12. The van der Waals surface area contributed by atoms with Crippen molar-refractivity contribution in [2.75, 3.05) is 32.8 Å². The Balaban J connectivity index is 2.84. The fourth-order valence-electron chi connectivity index (χ4n) is 2.04. The van der Waals surface area contributed by atoms with E-state index in [1.165, 1.54) is 5.56 Å². The molecule has 0 saturated carbocycles. The van der Waals surface area contributed by atoms with Crippen LogP contribution in [0.5, 0.6) is 5.75 Å². The number of aliphatic hydroxyl groups excluding tert-OH is 1. The predicted octanol–water partition coefficient (Wildman–Crippen LogP) is 2.99. The minimum absolute atomic E-state index is 0.132. The largest absolute Gasteiger partial charge is 0.494 e. The number of likely N-dealkylation sites (N-methyl/N-ethyl adjacent to an activating group) is 1. The van der Waals surface area contributed by atoms with Crippen molar-refractivity contribution in [2.45, 2.75) is 26.1 Å². The van der Waals surface area contributed by atoms with Crippen LogP contribution in [0.2, 0.25) is 0 Å². The lowest BCUT2D eigenvalue weighted by Gasteiger charge is -2.23. The standard InChI is InChI=1S/C15H24ClNO2/c1-4-17(8-9-18)11-14(16)13-10-12(3)6-7-15(13)19-5-2/h6-7,10,14,18H,4-5,8-9,11H2,1-3H3. The maximum absolute atomic E-state index is 9.02. The summed E-state index contributed by atoms with van der Waals surface area (Å²) in [5.74, 6) is 0.855. The number of alkyl halides is 1. The zero-order chi connectivity index (χ0) is 14.3. The molecule has 0 radical (unpaired) electrons. The van der Waals surface area contributed by atoms with Crippen LogP contribution in [-0.2, 0) is 0 Å². The maximum Gasteiger partial charge on any atom is 0.124 e. The molecular weight excluding hydrogens is 262 g/mol. The molecule has 0 bridgehead atoms. The van der Waals surface area contributed by atoms with E-state index in [1.54, 1.807) is 0 Å². The van der Waals surface area contributed by atoms with Gasteiger partial charge in [0, 0.05) is 18.7 Å². The normalized spacial score (nSPS) is 12.7. The molecule has 0 aliphatic carbocycles. The van der Waals surface area contributed by atoms with Crippen LogP contribution in [0.1, 0.15) is 30.4 Å². The summed E-state index contributed by atoms with van der Waals surface area (Å²) in [6, 6.07) is 6.09. The van der Waals surface area contributed by atoms with Crippen LogP contribution < -0.4 is 4.74 Å². The Morgan fingerprint density at radius 1 is 1.37 bits per heavy atom. The van der Waals surface area contributed by atoms with Gasteiger partial charge in [-0.25, -0.2) is 0 Å². The average molecular weight is 286 g/mol. The van der Waals surface area contributed by atoms with E-state index in [0.717, 1.165) is 17.9 Å². The number of aryl methyl sites for hydroxylation is 1. The Kier molecular flexibility index (Phi) is 7.21. The lowest BCUT2D eigenvalue weighted by molar-refractivity contribution is 0.201. The van der Waals surface area contributed by atoms with Crippen LogP contribution in [-0.4, -0.2) is 42.9 Å². The van der Waals surface area contributed by atoms with Crippen molar-refractivity contribution in [2.24, 2.45) is 0 Å². The van der Waals surface area contributed by atoms with Gasteiger partial charge in [-0.05, 0) is 26.5 Å². The molecule has 0 fully saturated rings. The Hall–Kier alpha value is -0.770. The van der Waals surface area contributed by atoms with Crippen LogP contribution in [0, 0.1) is 6.92 Å². The molecule has 0 saturated heterocycles. The van der Waals surface area contributed by atoms with E-state index in [1.807, 2.05) is 26.0 Å². The molecule has 1 aromatic rings. The number of hydrogen-bond acceptors (Lipinski definition) is 3. The Morgan fingerprint density at radius 3 is 2.68 bits per heavy atom. The second-order valence-corrected chi connectivity index (χ2v) is 5.09. The van der Waals surface area contributed by atoms with Crippen LogP contribution in [0.3, 0.4) is 0 Å². The van der Waals surface area contributed by atoms with Gasteiger partial charge in [-0.2, -0.15) is 0 Å². The third kappa shape index (κ3) is 5.01. The van der Waals surface area contributed by atoms with Crippen molar-refractivity contribution in [3.63, 3.8) is 0 Å². The summed E-state index contributed by atoms with van der Waals surface area (Å²) in [4.78, 5) is 2.13. The minimum atomic E-state index is -0.132. The molecule has 0 aliphatic rings. The van der Waals surface area contributed by atoms with Crippen molar-refractivity contribution in [3.05, 3.63) is 29.3 Å². The van der Waals surface area contributed by atoms with Gasteiger partial charge in [0.2, 0.25) is 0 Å². The first-order valence-corrected chi connectivity index (χ1v) is 7.26. The van der Waals surface area contributed by atoms with Crippen molar-refractivity contribution in [3.8, 4) is 5.75 Å². The Bertz CT molecular complexity index is 384. The van der Waals surface area contributed by atoms with E-state index < -0.39 is 0 Å². The second-order valence-electron chi connectivity index (χ2n) is 4.56. The highest BCUT2D eigenvalue weighted by atomic mass is 35.5. The third-order valence-electron chi connectivity index (χ3n) is 3.08. The Morgan fingerprint density at radius 2 is 2.11 bits per heavy atom. The topological polar surface area (TPSA) is 32.7 Å². The Labute approximate surface area is 121 Å². The second kappa shape index (κ2) is 8.41. The molecule has 4 heteroatoms. The van der Waals surface area contributed by atoms with Gasteiger partial charge in [0.05, 0.1) is 18.6 Å². The van der Waals surface area contributed by atoms with E-state index in [-0.39, 0.29) is 12.0 Å². The highest BCUT2D eigenvalue weighted by Crippen LogP contribution is 2.31. The minimum Gasteiger partial charge on any atom is -0.494 e. The maximum atomic E-state index is 9.02. The predicted molar refractivity (Wildman–Crippen MR) is 80.1 cm³/mol. The molecule has 1 aromatic carbocycles. The molecule has 0 amide bonds. The summed E-state index contributed by atoms with van der Waals surface area (Å²) in [7, 11) is 0. The van der Waals surface area contributed by atoms with E-state index in [9.17, 15) is 0 Å². The van der Waals surface area contributed by atoms with E-state index >= 15 is 0 Å². The summed E-state index contributed by atoms with van der Waals surface area (Å²) in [6.07, 6.45) is 0. The average Bonchev–Trinajstić information content (AvgIpc) is 2.40. The van der Waals surface area contributed by atoms with Gasteiger partial charge in [-0.1, -0.05) is 24.6 Å². The zero-order valence-corrected chi connectivity index (χ0v) is 12.8. The summed E-state index contributed by atoms with van der Waals surface area (Å²) >= 11 is 6.53. The fraction of sp³-hybridized carbons (Fsp3) is 0.600. The van der Waals surface area contributed by atoms with Gasteiger partial charge in [-0.15, -0.1) is 11.6 Å². The summed E-state index contributed by atoms with van der Waals surface area (Å²) < 4.78 is 5.64. The van der Waals surface area contributed by atoms with Crippen LogP contribution in [0.15, 0.2) is 18.2 Å². The molecule has 3 nitrogen and oxygen atoms in total. The highest BCUT2D eigenvalue weighted by molar-refractivity contribution is 6.21. The summed E-state index contributed by atoms with van der Waals surface area (Å²) in [5.41, 5.74) is 2.20. The smallest absolute Gasteiger partial charge is 0.124 e. The summed E-state index contributed by atoms with van der Waals surface area (Å²) in [6.45, 7) is 9.11. The molecule has 108 valence electrons. The third-order valence-corrected chi connectivity index (χ3v) is 3.46. The first-order valence-electron chi connectivity index (χ1n) is 6.83. The number of halogens is 1. The molecule has 0 heterocycles. The van der Waals surface area contributed by atoms with Crippen molar-refractivity contribution >= 4 is 11.6 Å². The summed E-state index contributed by atoms with van der Waals surface area (Å²) in [5, 5.41) is 8.89. The molecule has 0 spiro atoms. The molecule has 19 heavy (non-hydrogen) atoms. The number of rotatable bonds is 8. The van der Waals surface area contributed by atoms with Crippen molar-refractivity contribution in [1.82, 2.24) is 4.90 Å². The van der Waals surface area contributed by atoms with E-state index in [2.05, 4.69) is 17.9 Å². The number of benzene rings is 1. The van der Waals surface area contributed by atoms with Gasteiger partial charge < -0.3 is 9.84 Å². The van der Waals surface area contributed by atoms with E-state index in [4.69, 9.17) is 21.4 Å². The molecule has 1 N–H and O–H groups in total. The number of ether oxygens (including phenoxy) is 1. The van der Waals surface area contributed by atoms with Gasteiger partial charge in [0.15, 0.2) is 0 Å². The van der Waals surface area contributed by atoms with Crippen LogP contribution >= 0.6 is 11.6 Å². The fourth-order valence-corrected chi connectivity index (χ4v) is 2.41. The quantitative estimate of drug-likeness (QED) is 0.746. The first kappa shape index (κ1) is 16.3. The number of aliphatic hydroxyl groups is 1. The van der Waals surface area contributed by atoms with Gasteiger partial charge in [0.1, 0.15) is 5.75 Å². The molecule has 0 aromatic heterocycles. The van der Waals surface area contributed by atoms with E-state index in [0.29, 0.717) is 19.7 Å². The van der Waals surface area contributed by atoms with Crippen molar-refractivity contribution in [1.29, 1.82) is 0 Å². The van der Waals surface area contributed by atoms with Crippen LogP contribution in [0.4, 0.5) is 0 Å². The van der Waals surface area contributed by atoms with Crippen LogP contribution in [0.25, 0.3) is 0 Å². The molecule has 1 unspecified atom stereocenters.